The van der Waals surface area contributed by atoms with Crippen molar-refractivity contribution in [3.63, 3.8) is 0 Å². The summed E-state index contributed by atoms with van der Waals surface area (Å²) in [5, 5.41) is 2.80. The third kappa shape index (κ3) is 3.83. The summed E-state index contributed by atoms with van der Waals surface area (Å²) in [7, 11) is 0. The van der Waals surface area contributed by atoms with Crippen molar-refractivity contribution in [2.45, 2.75) is 39.5 Å². The molecule has 0 heterocycles. The molecule has 1 amide bonds. The van der Waals surface area contributed by atoms with Crippen LogP contribution in [-0.2, 0) is 14.3 Å². The fraction of sp³-hybridized carbons (Fsp3) is 0.833. The van der Waals surface area contributed by atoms with Gasteiger partial charge in [0.2, 0.25) is 5.91 Å². The molecule has 1 rings (SSSR count). The minimum absolute atomic E-state index is 0.0919. The number of nitrogens with one attached hydrogen (secondary N) is 1. The highest BCUT2D eigenvalue weighted by molar-refractivity contribution is 5.79. The van der Waals surface area contributed by atoms with E-state index in [-0.39, 0.29) is 24.2 Å². The predicted octanol–water partition coefficient (Wildman–Crippen LogP) is 1.49. The second kappa shape index (κ2) is 6.51. The summed E-state index contributed by atoms with van der Waals surface area (Å²) in [4.78, 5) is 22.8. The number of carbonyl (C=O) groups excluding carboxylic acids is 2. The van der Waals surface area contributed by atoms with Crippen LogP contribution in [0.1, 0.15) is 39.5 Å². The van der Waals surface area contributed by atoms with Crippen LogP contribution in [0.5, 0.6) is 0 Å². The Morgan fingerprint density at radius 2 is 2.12 bits per heavy atom. The molecule has 2 unspecified atom stereocenters. The average Bonchev–Trinajstić information content (AvgIpc) is 2.64. The van der Waals surface area contributed by atoms with E-state index in [2.05, 4.69) is 12.2 Å². The lowest BCUT2D eigenvalue weighted by Crippen LogP contribution is -2.33. The first-order valence-electron chi connectivity index (χ1n) is 6.08. The van der Waals surface area contributed by atoms with Crippen molar-refractivity contribution in [1.29, 1.82) is 0 Å². The Balaban J connectivity index is 2.17. The summed E-state index contributed by atoms with van der Waals surface area (Å²) in [6.45, 7) is 4.67. The first-order valence-corrected chi connectivity index (χ1v) is 6.08. The lowest BCUT2D eigenvalue weighted by Gasteiger charge is -2.14. The van der Waals surface area contributed by atoms with Crippen LogP contribution in [0.4, 0.5) is 0 Å². The maximum Gasteiger partial charge on any atom is 0.307 e. The van der Waals surface area contributed by atoms with E-state index in [1.807, 2.05) is 0 Å². The van der Waals surface area contributed by atoms with E-state index >= 15 is 0 Å². The van der Waals surface area contributed by atoms with Crippen LogP contribution in [0.15, 0.2) is 0 Å². The quantitative estimate of drug-likeness (QED) is 0.724. The number of amides is 1. The Kier molecular flexibility index (Phi) is 5.29. The Morgan fingerprint density at radius 1 is 1.38 bits per heavy atom. The molecular weight excluding hydrogens is 206 g/mol. The van der Waals surface area contributed by atoms with Gasteiger partial charge in [-0.05, 0) is 25.7 Å². The fourth-order valence-corrected chi connectivity index (χ4v) is 2.19. The van der Waals surface area contributed by atoms with E-state index in [1.165, 1.54) is 0 Å². The smallest absolute Gasteiger partial charge is 0.307 e. The molecule has 0 saturated heterocycles. The predicted molar refractivity (Wildman–Crippen MR) is 60.8 cm³/mol. The van der Waals surface area contributed by atoms with Gasteiger partial charge in [-0.25, -0.2) is 0 Å². The van der Waals surface area contributed by atoms with Crippen LogP contribution in [0.2, 0.25) is 0 Å². The summed E-state index contributed by atoms with van der Waals surface area (Å²) >= 11 is 0. The van der Waals surface area contributed by atoms with Gasteiger partial charge in [0.25, 0.3) is 0 Å². The third-order valence-corrected chi connectivity index (χ3v) is 3.13. The SMILES string of the molecule is CCOC(=O)CCNC(=O)C1CCCC1C. The molecule has 0 radical (unpaired) electrons. The maximum atomic E-state index is 11.7. The van der Waals surface area contributed by atoms with Gasteiger partial charge >= 0.3 is 5.97 Å². The number of esters is 1. The second-order valence-corrected chi connectivity index (χ2v) is 4.36. The lowest BCUT2D eigenvalue weighted by molar-refractivity contribution is -0.143. The Labute approximate surface area is 96.7 Å². The zero-order valence-corrected chi connectivity index (χ0v) is 10.1. The number of hydrogen-bond donors (Lipinski definition) is 1. The topological polar surface area (TPSA) is 55.4 Å². The van der Waals surface area contributed by atoms with Crippen molar-refractivity contribution in [2.24, 2.45) is 11.8 Å². The molecule has 1 N–H and O–H groups in total. The van der Waals surface area contributed by atoms with Crippen molar-refractivity contribution < 1.29 is 14.3 Å². The van der Waals surface area contributed by atoms with Crippen LogP contribution in [0.3, 0.4) is 0 Å². The van der Waals surface area contributed by atoms with Crippen LogP contribution >= 0.6 is 0 Å². The highest BCUT2D eigenvalue weighted by atomic mass is 16.5. The molecule has 0 aliphatic heterocycles. The minimum atomic E-state index is -0.248. The molecule has 92 valence electrons. The highest BCUT2D eigenvalue weighted by Crippen LogP contribution is 2.30. The van der Waals surface area contributed by atoms with Gasteiger partial charge in [-0.15, -0.1) is 0 Å². The minimum Gasteiger partial charge on any atom is -0.466 e. The van der Waals surface area contributed by atoms with Gasteiger partial charge in [-0.2, -0.15) is 0 Å². The maximum absolute atomic E-state index is 11.7. The van der Waals surface area contributed by atoms with Gasteiger partial charge in [0.15, 0.2) is 0 Å². The summed E-state index contributed by atoms with van der Waals surface area (Å²) in [6.07, 6.45) is 3.51. The molecule has 1 saturated carbocycles. The van der Waals surface area contributed by atoms with Gasteiger partial charge in [0, 0.05) is 12.5 Å². The zero-order valence-electron chi connectivity index (χ0n) is 10.1. The standard InChI is InChI=1S/C12H21NO3/c1-3-16-11(14)7-8-13-12(15)10-6-4-5-9(10)2/h9-10H,3-8H2,1-2H3,(H,13,15). The number of carbonyl (C=O) groups is 2. The molecule has 2 atom stereocenters. The first-order chi connectivity index (χ1) is 7.65. The summed E-state index contributed by atoms with van der Waals surface area (Å²) < 4.78 is 4.78. The van der Waals surface area contributed by atoms with Crippen molar-refractivity contribution in [2.75, 3.05) is 13.2 Å². The van der Waals surface area contributed by atoms with Crippen LogP contribution in [0.25, 0.3) is 0 Å². The summed E-state index contributed by atoms with van der Waals surface area (Å²) in [6, 6.07) is 0. The monoisotopic (exact) mass is 227 g/mol. The molecule has 0 aromatic heterocycles. The molecule has 1 aliphatic carbocycles. The largest absolute Gasteiger partial charge is 0.466 e. The van der Waals surface area contributed by atoms with Gasteiger partial charge in [0.1, 0.15) is 0 Å². The van der Waals surface area contributed by atoms with Crippen LogP contribution in [0, 0.1) is 11.8 Å². The van der Waals surface area contributed by atoms with Gasteiger partial charge in [0.05, 0.1) is 13.0 Å². The number of hydrogen-bond acceptors (Lipinski definition) is 3. The van der Waals surface area contributed by atoms with E-state index in [4.69, 9.17) is 4.74 Å². The molecule has 0 bridgehead atoms. The molecular formula is C12H21NO3. The Hall–Kier alpha value is -1.06. The number of rotatable bonds is 5. The summed E-state index contributed by atoms with van der Waals surface area (Å²) in [5.74, 6) is 0.460. The lowest BCUT2D eigenvalue weighted by atomic mass is 9.97. The van der Waals surface area contributed by atoms with Crippen molar-refractivity contribution in [3.05, 3.63) is 0 Å². The van der Waals surface area contributed by atoms with Crippen LogP contribution in [-0.4, -0.2) is 25.0 Å². The highest BCUT2D eigenvalue weighted by Gasteiger charge is 2.29. The normalized spacial score (nSPS) is 24.1. The fourth-order valence-electron chi connectivity index (χ4n) is 2.19. The molecule has 16 heavy (non-hydrogen) atoms. The first kappa shape index (κ1) is 13.0. The van der Waals surface area contributed by atoms with Gasteiger partial charge in [-0.3, -0.25) is 9.59 Å². The zero-order chi connectivity index (χ0) is 12.0. The molecule has 0 spiro atoms. The molecule has 0 aromatic rings. The van der Waals surface area contributed by atoms with Crippen molar-refractivity contribution >= 4 is 11.9 Å². The van der Waals surface area contributed by atoms with E-state index in [0.29, 0.717) is 19.1 Å². The summed E-state index contributed by atoms with van der Waals surface area (Å²) in [5.41, 5.74) is 0. The van der Waals surface area contributed by atoms with Gasteiger partial charge < -0.3 is 10.1 Å². The van der Waals surface area contributed by atoms with Gasteiger partial charge in [-0.1, -0.05) is 13.3 Å². The number of ether oxygens (including phenoxy) is 1. The average molecular weight is 227 g/mol. The van der Waals surface area contributed by atoms with Crippen molar-refractivity contribution in [3.8, 4) is 0 Å². The van der Waals surface area contributed by atoms with E-state index < -0.39 is 0 Å². The van der Waals surface area contributed by atoms with E-state index in [9.17, 15) is 9.59 Å². The molecule has 4 heteroatoms. The van der Waals surface area contributed by atoms with Crippen LogP contribution < -0.4 is 5.32 Å². The van der Waals surface area contributed by atoms with E-state index in [0.717, 1.165) is 19.3 Å². The van der Waals surface area contributed by atoms with Crippen molar-refractivity contribution in [1.82, 2.24) is 5.32 Å². The molecule has 0 aromatic carbocycles. The second-order valence-electron chi connectivity index (χ2n) is 4.36. The molecule has 1 fully saturated rings. The Bertz CT molecular complexity index is 253. The third-order valence-electron chi connectivity index (χ3n) is 3.13. The molecule has 4 nitrogen and oxygen atoms in total. The Morgan fingerprint density at radius 3 is 2.69 bits per heavy atom. The molecule has 1 aliphatic rings. The van der Waals surface area contributed by atoms with E-state index in [1.54, 1.807) is 6.92 Å².